The van der Waals surface area contributed by atoms with Crippen LogP contribution in [0.2, 0.25) is 0 Å². The average molecular weight is 649 g/mol. The molecule has 5 rings (SSSR count). The minimum absolute atomic E-state index is 0.000332. The monoisotopic (exact) mass is 648 g/mol. The molecule has 2 aliphatic carbocycles. The summed E-state index contributed by atoms with van der Waals surface area (Å²) in [7, 11) is -4.30. The van der Waals surface area contributed by atoms with Crippen LogP contribution in [-0.4, -0.2) is 45.0 Å². The van der Waals surface area contributed by atoms with E-state index in [-0.39, 0.29) is 40.5 Å². The van der Waals surface area contributed by atoms with Gasteiger partial charge in [0.2, 0.25) is 5.91 Å². The zero-order chi connectivity index (χ0) is 32.7. The minimum atomic E-state index is -5.61. The van der Waals surface area contributed by atoms with Crippen LogP contribution >= 0.6 is 0 Å². The van der Waals surface area contributed by atoms with Gasteiger partial charge in [0.05, 0.1) is 29.6 Å². The molecule has 2 amide bonds. The van der Waals surface area contributed by atoms with Crippen molar-refractivity contribution in [2.45, 2.75) is 55.7 Å². The Morgan fingerprint density at radius 3 is 2.31 bits per heavy atom. The summed E-state index contributed by atoms with van der Waals surface area (Å²) in [5, 5.41) is 5.48. The predicted octanol–water partition coefficient (Wildman–Crippen LogP) is 6.37. The number of fused-ring (bicyclic) bond motifs is 2. The fraction of sp³-hybridized carbons (Fsp3) is 0.375. The molecular weight excluding hydrogens is 616 g/mol. The highest BCUT2D eigenvalue weighted by Crippen LogP contribution is 2.49. The van der Waals surface area contributed by atoms with Crippen molar-refractivity contribution in [3.05, 3.63) is 72.0 Å². The maximum absolute atomic E-state index is 15.2. The van der Waals surface area contributed by atoms with Crippen LogP contribution in [0.4, 0.5) is 23.2 Å². The van der Waals surface area contributed by atoms with E-state index in [0.29, 0.717) is 17.7 Å². The number of alkyl halides is 3. The van der Waals surface area contributed by atoms with Gasteiger partial charge in [-0.05, 0) is 86.9 Å². The van der Waals surface area contributed by atoms with E-state index in [1.807, 2.05) is 13.8 Å². The summed E-state index contributed by atoms with van der Waals surface area (Å²) >= 11 is 0. The van der Waals surface area contributed by atoms with Crippen molar-refractivity contribution in [3.63, 3.8) is 0 Å². The van der Waals surface area contributed by atoms with Crippen molar-refractivity contribution in [1.29, 1.82) is 0 Å². The van der Waals surface area contributed by atoms with Gasteiger partial charge in [-0.1, -0.05) is 18.2 Å². The number of methoxy groups -OCH3 is 1. The molecule has 240 valence electrons. The molecule has 2 aliphatic rings. The fourth-order valence-electron chi connectivity index (χ4n) is 6.31. The fourth-order valence-corrected chi connectivity index (χ4v) is 7.12. The first-order valence-electron chi connectivity index (χ1n) is 14.4. The van der Waals surface area contributed by atoms with Crippen LogP contribution in [0.15, 0.2) is 65.6 Å². The SMILES string of the molecule is COc1cc(F)c(-c2ccc(OC(C)C)cc2)cc1C(=O)N[C@@H]1[C@H]2CC[C@H](C2)[C@@H]1C(=O)Nc1cccc(S(=O)(=O)C(F)(F)F)c1. The molecule has 8 nitrogen and oxygen atoms in total. The Morgan fingerprint density at radius 1 is 0.978 bits per heavy atom. The molecule has 0 spiro atoms. The van der Waals surface area contributed by atoms with Crippen LogP contribution in [0.3, 0.4) is 0 Å². The Kier molecular flexibility index (Phi) is 8.85. The third-order valence-electron chi connectivity index (χ3n) is 8.30. The number of halogens is 4. The Hall–Kier alpha value is -4.13. The molecule has 45 heavy (non-hydrogen) atoms. The van der Waals surface area contributed by atoms with E-state index >= 15 is 4.39 Å². The van der Waals surface area contributed by atoms with Crippen LogP contribution in [0.25, 0.3) is 11.1 Å². The smallest absolute Gasteiger partial charge is 0.496 e. The van der Waals surface area contributed by atoms with Crippen LogP contribution in [0.5, 0.6) is 11.5 Å². The van der Waals surface area contributed by atoms with Gasteiger partial charge in [-0.25, -0.2) is 12.8 Å². The van der Waals surface area contributed by atoms with E-state index in [9.17, 15) is 31.2 Å². The van der Waals surface area contributed by atoms with Crippen molar-refractivity contribution in [1.82, 2.24) is 5.32 Å². The van der Waals surface area contributed by atoms with Gasteiger partial charge in [-0.2, -0.15) is 13.2 Å². The first-order valence-corrected chi connectivity index (χ1v) is 15.9. The number of nitrogens with one attached hydrogen (secondary N) is 2. The normalized spacial score (nSPS) is 21.1. The van der Waals surface area contributed by atoms with E-state index < -0.39 is 49.8 Å². The lowest BCUT2D eigenvalue weighted by Gasteiger charge is -2.31. The van der Waals surface area contributed by atoms with Gasteiger partial charge in [0.15, 0.2) is 0 Å². The molecule has 2 N–H and O–H groups in total. The molecule has 0 heterocycles. The summed E-state index contributed by atoms with van der Waals surface area (Å²) in [5.74, 6) is -1.99. The van der Waals surface area contributed by atoms with Gasteiger partial charge in [0.1, 0.15) is 17.3 Å². The number of sulfone groups is 1. The lowest BCUT2D eigenvalue weighted by Crippen LogP contribution is -2.48. The number of carbonyl (C=O) groups is 2. The van der Waals surface area contributed by atoms with E-state index in [2.05, 4.69) is 10.6 Å². The zero-order valence-corrected chi connectivity index (χ0v) is 25.5. The molecule has 2 saturated carbocycles. The summed E-state index contributed by atoms with van der Waals surface area (Å²) < 4.78 is 89.1. The second-order valence-corrected chi connectivity index (χ2v) is 13.5. The van der Waals surface area contributed by atoms with E-state index in [0.717, 1.165) is 37.1 Å². The Labute approximate surface area is 258 Å². The highest BCUT2D eigenvalue weighted by molar-refractivity contribution is 7.92. The Bertz CT molecular complexity index is 1710. The maximum Gasteiger partial charge on any atom is 0.501 e. The molecule has 3 aromatic rings. The third-order valence-corrected chi connectivity index (χ3v) is 9.79. The molecule has 0 unspecified atom stereocenters. The Balaban J connectivity index is 1.38. The summed E-state index contributed by atoms with van der Waals surface area (Å²) in [5.41, 5.74) is -4.89. The highest BCUT2D eigenvalue weighted by atomic mass is 32.2. The first kappa shape index (κ1) is 32.3. The van der Waals surface area contributed by atoms with Gasteiger partial charge < -0.3 is 20.1 Å². The van der Waals surface area contributed by atoms with Gasteiger partial charge in [-0.15, -0.1) is 0 Å². The molecule has 0 aliphatic heterocycles. The van der Waals surface area contributed by atoms with Gasteiger partial charge in [0, 0.05) is 23.4 Å². The number of anilines is 1. The lowest BCUT2D eigenvalue weighted by molar-refractivity contribution is -0.122. The van der Waals surface area contributed by atoms with E-state index in [4.69, 9.17) is 9.47 Å². The van der Waals surface area contributed by atoms with Crippen molar-refractivity contribution in [2.75, 3.05) is 12.4 Å². The number of ether oxygens (including phenoxy) is 2. The number of rotatable bonds is 9. The lowest BCUT2D eigenvalue weighted by atomic mass is 9.83. The third kappa shape index (κ3) is 6.49. The molecule has 4 atom stereocenters. The van der Waals surface area contributed by atoms with Crippen LogP contribution in [0.1, 0.15) is 43.5 Å². The topological polar surface area (TPSA) is 111 Å². The molecule has 13 heteroatoms. The summed E-state index contributed by atoms with van der Waals surface area (Å²) in [6, 6.07) is 12.6. The molecule has 0 aromatic heterocycles. The second kappa shape index (κ2) is 12.3. The largest absolute Gasteiger partial charge is 0.501 e. The summed E-state index contributed by atoms with van der Waals surface area (Å²) in [6.45, 7) is 3.77. The highest BCUT2D eigenvalue weighted by Gasteiger charge is 2.52. The first-order chi connectivity index (χ1) is 21.2. The number of amides is 2. The predicted molar refractivity (Wildman–Crippen MR) is 158 cm³/mol. The van der Waals surface area contributed by atoms with Gasteiger partial charge >= 0.3 is 5.51 Å². The second-order valence-electron chi connectivity index (χ2n) is 11.5. The molecule has 3 aromatic carbocycles. The standard InChI is InChI=1S/C32H32F4N2O6S/c1-17(2)44-22-11-9-18(10-12-22)24-15-25(27(43-3)16-26(24)33)30(39)38-29-20-8-7-19(13-20)28(29)31(40)37-21-5-4-6-23(14-21)45(41,42)32(34,35)36/h4-6,9-12,14-17,19-20,28-29H,7-8,13H2,1-3H3,(H,37,40)(H,38,39)/t19-,20+,28+,29-/m1/s1. The molecule has 0 saturated heterocycles. The average Bonchev–Trinajstić information content (AvgIpc) is 3.59. The molecule has 0 radical (unpaired) electrons. The summed E-state index contributed by atoms with van der Waals surface area (Å²) in [6.07, 6.45) is 2.09. The van der Waals surface area contributed by atoms with E-state index in [1.165, 1.54) is 19.2 Å². The van der Waals surface area contributed by atoms with Crippen LogP contribution < -0.4 is 20.1 Å². The van der Waals surface area contributed by atoms with Crippen molar-refractivity contribution in [2.24, 2.45) is 17.8 Å². The number of carbonyl (C=O) groups excluding carboxylic acids is 2. The quantitative estimate of drug-likeness (QED) is 0.261. The maximum atomic E-state index is 15.2. The zero-order valence-electron chi connectivity index (χ0n) is 24.7. The summed E-state index contributed by atoms with van der Waals surface area (Å²) in [4.78, 5) is 26.1. The van der Waals surface area contributed by atoms with E-state index in [1.54, 1.807) is 24.3 Å². The van der Waals surface area contributed by atoms with Crippen LogP contribution in [-0.2, 0) is 14.6 Å². The number of hydrogen-bond acceptors (Lipinski definition) is 6. The van der Waals surface area contributed by atoms with Crippen molar-refractivity contribution >= 4 is 27.3 Å². The van der Waals surface area contributed by atoms with Gasteiger partial charge in [0.25, 0.3) is 15.7 Å². The van der Waals surface area contributed by atoms with Crippen molar-refractivity contribution < 1.29 is 45.0 Å². The Morgan fingerprint density at radius 2 is 1.67 bits per heavy atom. The van der Waals surface area contributed by atoms with Crippen molar-refractivity contribution in [3.8, 4) is 22.6 Å². The molecule has 2 bridgehead atoms. The minimum Gasteiger partial charge on any atom is -0.496 e. The number of benzene rings is 3. The van der Waals surface area contributed by atoms with Crippen LogP contribution in [0, 0.1) is 23.6 Å². The molecular formula is C32H32F4N2O6S. The number of hydrogen-bond donors (Lipinski definition) is 2. The van der Waals surface area contributed by atoms with Gasteiger partial charge in [-0.3, -0.25) is 9.59 Å². The molecule has 2 fully saturated rings.